The monoisotopic (exact) mass is 547 g/mol. The van der Waals surface area contributed by atoms with Crippen molar-refractivity contribution in [3.05, 3.63) is 71.3 Å². The molecule has 3 amide bonds. The van der Waals surface area contributed by atoms with E-state index in [-0.39, 0.29) is 22.4 Å². The van der Waals surface area contributed by atoms with Crippen molar-refractivity contribution in [2.24, 2.45) is 5.10 Å². The van der Waals surface area contributed by atoms with Crippen LogP contribution in [0.25, 0.3) is 0 Å². The molecule has 0 aromatic heterocycles. The molecule has 0 spiro atoms. The molecule has 0 radical (unpaired) electrons. The van der Waals surface area contributed by atoms with Gasteiger partial charge in [-0.15, -0.1) is 0 Å². The number of nitrogens with zero attached hydrogens (tertiary/aromatic N) is 2. The van der Waals surface area contributed by atoms with Crippen molar-refractivity contribution in [3.63, 3.8) is 0 Å². The van der Waals surface area contributed by atoms with E-state index in [9.17, 15) is 23.2 Å². The molecule has 1 aliphatic heterocycles. The van der Waals surface area contributed by atoms with Crippen molar-refractivity contribution in [3.8, 4) is 0 Å². The summed E-state index contributed by atoms with van der Waals surface area (Å²) in [5, 5.41) is 14.2. The highest BCUT2D eigenvalue weighted by molar-refractivity contribution is 8.15. The fourth-order valence-corrected chi connectivity index (χ4v) is 5.39. The van der Waals surface area contributed by atoms with E-state index in [0.29, 0.717) is 19.4 Å². The smallest absolute Gasteiger partial charge is 0.273 e. The zero-order chi connectivity index (χ0) is 27.9. The number of hydrogen-bond acceptors (Lipinski definition) is 7. The Hall–Kier alpha value is -3.35. The molecule has 2 atom stereocenters. The number of hydrazone groups is 1. The standard InChI is InChI=1S/C26H31F2N5O4S/c1-16(37-4)24(36)33-26(19-9-6-5-7-10-19,13-8-14-29-25(30-17(2)34)31-18(3)35)38-23(32-33)21-15-20(27)11-12-22(21)28/h5-7,9-12,15-16,25,29H,8,13-14H2,1-4H3,(H,30,34)(H,31,35)/t16-,26?/m0/s1. The summed E-state index contributed by atoms with van der Waals surface area (Å²) in [6, 6.07) is 12.3. The molecule has 38 heavy (non-hydrogen) atoms. The SMILES string of the molecule is CO[C@@H](C)C(=O)N1N=C(c2cc(F)ccc2F)SC1(CCCNC(NC(C)=O)NC(C)=O)c1ccccc1. The van der Waals surface area contributed by atoms with Crippen LogP contribution in [0.2, 0.25) is 0 Å². The summed E-state index contributed by atoms with van der Waals surface area (Å²) in [5.74, 6) is -2.40. The number of benzene rings is 2. The van der Waals surface area contributed by atoms with Crippen molar-refractivity contribution in [2.45, 2.75) is 50.9 Å². The largest absolute Gasteiger partial charge is 0.372 e. The first-order valence-corrected chi connectivity index (χ1v) is 12.8. The van der Waals surface area contributed by atoms with Crippen LogP contribution in [0.15, 0.2) is 53.6 Å². The van der Waals surface area contributed by atoms with Gasteiger partial charge < -0.3 is 15.4 Å². The van der Waals surface area contributed by atoms with Gasteiger partial charge >= 0.3 is 0 Å². The minimum absolute atomic E-state index is 0.0508. The second-order valence-electron chi connectivity index (χ2n) is 8.70. The average molecular weight is 548 g/mol. The van der Waals surface area contributed by atoms with Gasteiger partial charge in [0, 0.05) is 26.5 Å². The third-order valence-corrected chi connectivity index (χ3v) is 7.27. The quantitative estimate of drug-likeness (QED) is 0.295. The van der Waals surface area contributed by atoms with Gasteiger partial charge in [-0.1, -0.05) is 42.1 Å². The first kappa shape index (κ1) is 29.2. The van der Waals surface area contributed by atoms with Crippen LogP contribution in [0.4, 0.5) is 8.78 Å². The molecule has 2 aromatic rings. The first-order chi connectivity index (χ1) is 18.1. The van der Waals surface area contributed by atoms with Crippen LogP contribution in [0, 0.1) is 11.6 Å². The number of thioether (sulfide) groups is 1. The van der Waals surface area contributed by atoms with Gasteiger partial charge in [0.25, 0.3) is 5.91 Å². The molecular formula is C26H31F2N5O4S. The molecule has 0 fully saturated rings. The normalized spacial score (nSPS) is 17.8. The number of hydrogen-bond donors (Lipinski definition) is 3. The highest BCUT2D eigenvalue weighted by Gasteiger charge is 2.49. The molecule has 3 rings (SSSR count). The van der Waals surface area contributed by atoms with Crippen LogP contribution in [-0.2, 0) is 24.0 Å². The van der Waals surface area contributed by atoms with Gasteiger partial charge in [0.1, 0.15) is 27.7 Å². The maximum Gasteiger partial charge on any atom is 0.273 e. The minimum atomic E-state index is -1.10. The Balaban J connectivity index is 1.96. The van der Waals surface area contributed by atoms with E-state index in [0.717, 1.165) is 35.5 Å². The molecule has 0 saturated carbocycles. The Morgan fingerprint density at radius 3 is 2.34 bits per heavy atom. The van der Waals surface area contributed by atoms with Gasteiger partial charge in [-0.3, -0.25) is 19.7 Å². The summed E-state index contributed by atoms with van der Waals surface area (Å²) in [7, 11) is 1.40. The highest BCUT2D eigenvalue weighted by Crippen LogP contribution is 2.50. The van der Waals surface area contributed by atoms with Crippen LogP contribution >= 0.6 is 11.8 Å². The van der Waals surface area contributed by atoms with E-state index in [1.54, 1.807) is 6.92 Å². The molecule has 9 nitrogen and oxygen atoms in total. The summed E-state index contributed by atoms with van der Waals surface area (Å²) in [4.78, 5) is 35.4. The highest BCUT2D eigenvalue weighted by atomic mass is 32.2. The molecule has 12 heteroatoms. The Kier molecular flexibility index (Phi) is 9.95. The van der Waals surface area contributed by atoms with Crippen molar-refractivity contribution in [2.75, 3.05) is 13.7 Å². The Morgan fingerprint density at radius 1 is 1.08 bits per heavy atom. The number of amides is 3. The van der Waals surface area contributed by atoms with Gasteiger partial charge in [0.05, 0.1) is 0 Å². The summed E-state index contributed by atoms with van der Waals surface area (Å²) < 4.78 is 34.1. The Labute approximate surface area is 224 Å². The van der Waals surface area contributed by atoms with Gasteiger partial charge in [-0.05, 0) is 50.1 Å². The van der Waals surface area contributed by atoms with E-state index >= 15 is 0 Å². The van der Waals surface area contributed by atoms with E-state index in [1.165, 1.54) is 26.0 Å². The second-order valence-corrected chi connectivity index (χ2v) is 9.97. The topological polar surface area (TPSA) is 112 Å². The van der Waals surface area contributed by atoms with Crippen molar-refractivity contribution >= 4 is 34.5 Å². The maximum atomic E-state index is 14.8. The lowest BCUT2D eigenvalue weighted by molar-refractivity contribution is -0.144. The lowest BCUT2D eigenvalue weighted by Gasteiger charge is -2.37. The molecule has 0 saturated heterocycles. The molecule has 1 heterocycles. The van der Waals surface area contributed by atoms with Gasteiger partial charge in [-0.2, -0.15) is 5.10 Å². The molecule has 3 N–H and O–H groups in total. The van der Waals surface area contributed by atoms with Gasteiger partial charge in [-0.25, -0.2) is 13.8 Å². The zero-order valence-electron chi connectivity index (χ0n) is 21.6. The number of carbonyl (C=O) groups excluding carboxylic acids is 3. The number of ether oxygens (including phenoxy) is 1. The fourth-order valence-electron chi connectivity index (χ4n) is 3.97. The van der Waals surface area contributed by atoms with Gasteiger partial charge in [0.2, 0.25) is 11.8 Å². The number of carbonyl (C=O) groups is 3. The van der Waals surface area contributed by atoms with Crippen molar-refractivity contribution in [1.82, 2.24) is 21.0 Å². The predicted molar refractivity (Wildman–Crippen MR) is 141 cm³/mol. The Morgan fingerprint density at radius 2 is 1.74 bits per heavy atom. The van der Waals surface area contributed by atoms with Crippen LogP contribution < -0.4 is 16.0 Å². The lowest BCUT2D eigenvalue weighted by Crippen LogP contribution is -2.56. The predicted octanol–water partition coefficient (Wildman–Crippen LogP) is 3.02. The molecule has 0 bridgehead atoms. The van der Waals surface area contributed by atoms with Crippen LogP contribution in [0.5, 0.6) is 0 Å². The molecule has 0 aliphatic carbocycles. The summed E-state index contributed by atoms with van der Waals surface area (Å²) >= 11 is 1.16. The average Bonchev–Trinajstić information content (AvgIpc) is 3.27. The van der Waals surface area contributed by atoms with Gasteiger partial charge in [0.15, 0.2) is 6.29 Å². The summed E-state index contributed by atoms with van der Waals surface area (Å²) in [6.45, 7) is 4.60. The molecule has 1 unspecified atom stereocenters. The molecular weight excluding hydrogens is 516 g/mol. The first-order valence-electron chi connectivity index (χ1n) is 12.0. The van der Waals surface area contributed by atoms with E-state index < -0.39 is 34.8 Å². The van der Waals surface area contributed by atoms with Crippen LogP contribution in [-0.4, -0.2) is 53.8 Å². The van der Waals surface area contributed by atoms with Crippen molar-refractivity contribution < 1.29 is 27.9 Å². The Bertz CT molecular complexity index is 1180. The molecule has 1 aliphatic rings. The summed E-state index contributed by atoms with van der Waals surface area (Å²) in [5.41, 5.74) is 0.683. The second kappa shape index (κ2) is 12.9. The third kappa shape index (κ3) is 6.94. The van der Waals surface area contributed by atoms with Crippen LogP contribution in [0.1, 0.15) is 44.7 Å². The van der Waals surface area contributed by atoms with E-state index in [1.807, 2.05) is 30.3 Å². The number of nitrogens with one attached hydrogen (secondary N) is 3. The maximum absolute atomic E-state index is 14.8. The van der Waals surface area contributed by atoms with E-state index in [4.69, 9.17) is 4.74 Å². The lowest BCUT2D eigenvalue weighted by atomic mass is 9.99. The minimum Gasteiger partial charge on any atom is -0.372 e. The summed E-state index contributed by atoms with van der Waals surface area (Å²) in [6.07, 6.45) is -0.834. The van der Waals surface area contributed by atoms with E-state index in [2.05, 4.69) is 21.1 Å². The molecule has 2 aromatic carbocycles. The van der Waals surface area contributed by atoms with Crippen molar-refractivity contribution in [1.29, 1.82) is 0 Å². The zero-order valence-corrected chi connectivity index (χ0v) is 22.4. The fraction of sp³-hybridized carbons (Fsp3) is 0.385. The number of halogens is 2. The number of rotatable bonds is 11. The molecule has 204 valence electrons. The number of methoxy groups -OCH3 is 1. The van der Waals surface area contributed by atoms with Crippen LogP contribution in [0.3, 0.4) is 0 Å². The third-order valence-electron chi connectivity index (χ3n) is 5.83.